The number of anilines is 1. The largest absolute Gasteiger partial charge is 0.453 e. The molecule has 0 unspecified atom stereocenters. The van der Waals surface area contributed by atoms with Crippen molar-refractivity contribution in [2.24, 2.45) is 0 Å². The molecule has 6 nitrogen and oxygen atoms in total. The Labute approximate surface area is 179 Å². The highest BCUT2D eigenvalue weighted by atomic mass is 127. The van der Waals surface area contributed by atoms with Crippen LogP contribution in [0.2, 0.25) is 5.02 Å². The van der Waals surface area contributed by atoms with Gasteiger partial charge in [0.25, 0.3) is 16.4 Å². The molecule has 0 aliphatic carbocycles. The number of benzene rings is 1. The van der Waals surface area contributed by atoms with E-state index >= 15 is 0 Å². The van der Waals surface area contributed by atoms with Crippen molar-refractivity contribution in [2.45, 2.75) is 20.0 Å². The predicted octanol–water partition coefficient (Wildman–Crippen LogP) is 4.20. The van der Waals surface area contributed by atoms with E-state index in [2.05, 4.69) is 5.32 Å². The van der Waals surface area contributed by atoms with Crippen LogP contribution in [0.3, 0.4) is 0 Å². The monoisotopic (exact) mass is 617 g/mol. The van der Waals surface area contributed by atoms with Gasteiger partial charge in [0, 0.05) is 6.92 Å². The maximum atomic E-state index is 12.1. The first-order chi connectivity index (χ1) is 11.0. The summed E-state index contributed by atoms with van der Waals surface area (Å²) >= 11 is 20.6. The van der Waals surface area contributed by atoms with Crippen LogP contribution in [0.15, 0.2) is 0 Å². The van der Waals surface area contributed by atoms with Crippen LogP contribution >= 0.6 is 80.0 Å². The zero-order valence-electron chi connectivity index (χ0n) is 12.0. The minimum atomic E-state index is -1.09. The second kappa shape index (κ2) is 8.97. The van der Waals surface area contributed by atoms with Crippen molar-refractivity contribution < 1.29 is 23.9 Å². The van der Waals surface area contributed by atoms with Crippen LogP contribution in [0.5, 0.6) is 0 Å². The van der Waals surface area contributed by atoms with Gasteiger partial charge in [-0.15, -0.1) is 0 Å². The zero-order valence-corrected chi connectivity index (χ0v) is 18.6. The lowest BCUT2D eigenvalue weighted by molar-refractivity contribution is -0.150. The number of carbonyl (C=O) groups is 4. The van der Waals surface area contributed by atoms with E-state index in [1.807, 2.05) is 0 Å². The molecule has 24 heavy (non-hydrogen) atoms. The van der Waals surface area contributed by atoms with E-state index in [1.165, 1.54) is 6.92 Å². The number of esters is 1. The molecule has 1 N–H and O–H groups in total. The molecule has 0 bridgehead atoms. The average Bonchev–Trinajstić information content (AvgIpc) is 2.41. The van der Waals surface area contributed by atoms with Gasteiger partial charge in [-0.3, -0.25) is 19.2 Å². The molecule has 0 saturated carbocycles. The Morgan fingerprint density at radius 1 is 1.04 bits per heavy atom. The Bertz CT molecular complexity index is 713. The first-order valence-electron chi connectivity index (χ1n) is 6.07. The van der Waals surface area contributed by atoms with E-state index in [1.54, 1.807) is 45.2 Å². The Hall–Kier alpha value is -0.170. The molecular weight excluding hydrogens is 610 g/mol. The van der Waals surface area contributed by atoms with Crippen molar-refractivity contribution in [3.63, 3.8) is 0 Å². The standard InChI is InChI=1S/C13H8Cl3I2NO5/c1-3(24-4(2)20)13(23)19-10-8(17)5(11(15)21)7(14)6(9(10)18)12(16)22/h3H,1-2H3,(H,19,23)/t3-/m0/s1. The summed E-state index contributed by atoms with van der Waals surface area (Å²) in [6, 6.07) is 0. The summed E-state index contributed by atoms with van der Waals surface area (Å²) in [4.78, 5) is 46.3. The molecule has 0 saturated heterocycles. The van der Waals surface area contributed by atoms with Gasteiger partial charge in [0.15, 0.2) is 6.10 Å². The van der Waals surface area contributed by atoms with E-state index in [9.17, 15) is 19.2 Å². The second-order valence-corrected chi connectivity index (χ2v) is 7.58. The maximum absolute atomic E-state index is 12.1. The number of hydrogen-bond acceptors (Lipinski definition) is 5. The summed E-state index contributed by atoms with van der Waals surface area (Å²) in [7, 11) is 0. The molecule has 0 radical (unpaired) electrons. The lowest BCUT2D eigenvalue weighted by Crippen LogP contribution is -2.30. The molecule has 1 aromatic rings. The molecule has 0 spiro atoms. The average molecular weight is 618 g/mol. The van der Waals surface area contributed by atoms with Gasteiger partial charge in [-0.25, -0.2) is 0 Å². The molecular formula is C13H8Cl3I2NO5. The third-order valence-electron chi connectivity index (χ3n) is 2.67. The fraction of sp³-hybridized carbons (Fsp3) is 0.231. The van der Waals surface area contributed by atoms with Gasteiger partial charge < -0.3 is 10.1 Å². The Kier molecular flexibility index (Phi) is 8.17. The number of hydrogen-bond donors (Lipinski definition) is 1. The third-order valence-corrected chi connectivity index (χ3v) is 5.58. The highest BCUT2D eigenvalue weighted by Gasteiger charge is 2.28. The Balaban J connectivity index is 3.48. The van der Waals surface area contributed by atoms with E-state index in [0.29, 0.717) is 0 Å². The molecule has 1 amide bonds. The molecule has 0 aliphatic heterocycles. The first kappa shape index (κ1) is 21.9. The summed E-state index contributed by atoms with van der Waals surface area (Å²) in [5, 5.41) is 0.464. The van der Waals surface area contributed by atoms with E-state index in [4.69, 9.17) is 39.5 Å². The molecule has 1 aromatic carbocycles. The van der Waals surface area contributed by atoms with E-state index in [0.717, 1.165) is 6.92 Å². The first-order valence-corrected chi connectivity index (χ1v) is 9.36. The Morgan fingerprint density at radius 2 is 1.46 bits per heavy atom. The van der Waals surface area contributed by atoms with Crippen molar-refractivity contribution in [1.29, 1.82) is 0 Å². The topological polar surface area (TPSA) is 89.5 Å². The van der Waals surface area contributed by atoms with Crippen LogP contribution < -0.4 is 5.32 Å². The van der Waals surface area contributed by atoms with Crippen LogP contribution in [-0.2, 0) is 14.3 Å². The van der Waals surface area contributed by atoms with Gasteiger partial charge in [0.05, 0.1) is 29.0 Å². The summed E-state index contributed by atoms with van der Waals surface area (Å²) in [5.41, 5.74) is -0.185. The Morgan fingerprint density at radius 3 is 1.79 bits per heavy atom. The number of rotatable bonds is 5. The molecule has 1 rings (SSSR count). The number of amides is 1. The third kappa shape index (κ3) is 4.93. The highest BCUT2D eigenvalue weighted by molar-refractivity contribution is 14.1. The summed E-state index contributed by atoms with van der Waals surface area (Å²) in [6.45, 7) is 2.53. The van der Waals surface area contributed by atoms with Gasteiger partial charge in [-0.05, 0) is 75.3 Å². The smallest absolute Gasteiger partial charge is 0.303 e. The molecule has 0 aromatic heterocycles. The van der Waals surface area contributed by atoms with E-state index in [-0.39, 0.29) is 29.0 Å². The minimum absolute atomic E-state index is 0.123. The summed E-state index contributed by atoms with van der Waals surface area (Å²) < 4.78 is 5.23. The maximum Gasteiger partial charge on any atom is 0.303 e. The SMILES string of the molecule is CC(=O)O[C@@H](C)C(=O)Nc1c(I)c(C(=O)Cl)c(Cl)c(C(=O)Cl)c1I. The molecule has 130 valence electrons. The number of ether oxygens (including phenoxy) is 1. The summed E-state index contributed by atoms with van der Waals surface area (Å²) in [5.74, 6) is -1.30. The van der Waals surface area contributed by atoms with Crippen molar-refractivity contribution in [3.05, 3.63) is 23.3 Å². The van der Waals surface area contributed by atoms with Gasteiger partial charge in [0.2, 0.25) is 0 Å². The van der Waals surface area contributed by atoms with Crippen LogP contribution in [0.1, 0.15) is 34.6 Å². The molecule has 1 atom stereocenters. The van der Waals surface area contributed by atoms with Gasteiger partial charge in [0.1, 0.15) is 0 Å². The molecule has 0 fully saturated rings. The second-order valence-electron chi connectivity index (χ2n) is 4.36. The zero-order chi connectivity index (χ0) is 18.8. The quantitative estimate of drug-likeness (QED) is 0.304. The van der Waals surface area contributed by atoms with Crippen molar-refractivity contribution in [3.8, 4) is 0 Å². The summed E-state index contributed by atoms with van der Waals surface area (Å²) in [6.07, 6.45) is -1.09. The fourth-order valence-corrected chi connectivity index (χ4v) is 5.47. The van der Waals surface area contributed by atoms with Crippen molar-refractivity contribution in [2.75, 3.05) is 5.32 Å². The fourth-order valence-electron chi connectivity index (χ4n) is 1.65. The van der Waals surface area contributed by atoms with Crippen molar-refractivity contribution in [1.82, 2.24) is 0 Å². The van der Waals surface area contributed by atoms with Crippen LogP contribution in [0.4, 0.5) is 5.69 Å². The van der Waals surface area contributed by atoms with Crippen LogP contribution in [0, 0.1) is 7.14 Å². The minimum Gasteiger partial charge on any atom is -0.453 e. The lowest BCUT2D eigenvalue weighted by Gasteiger charge is -2.18. The number of halogens is 5. The van der Waals surface area contributed by atoms with Gasteiger partial charge in [-0.1, -0.05) is 11.6 Å². The van der Waals surface area contributed by atoms with Gasteiger partial charge in [-0.2, -0.15) is 0 Å². The number of nitrogens with one attached hydrogen (secondary N) is 1. The molecule has 0 heterocycles. The molecule has 11 heteroatoms. The van der Waals surface area contributed by atoms with Crippen molar-refractivity contribution >= 4 is 108 Å². The highest BCUT2D eigenvalue weighted by Crippen LogP contribution is 2.39. The molecule has 0 aliphatic rings. The van der Waals surface area contributed by atoms with Crippen LogP contribution in [0.25, 0.3) is 0 Å². The van der Waals surface area contributed by atoms with E-state index < -0.39 is 28.5 Å². The predicted molar refractivity (Wildman–Crippen MR) is 107 cm³/mol. The number of carbonyl (C=O) groups excluding carboxylic acids is 4. The normalized spacial score (nSPS) is 11.6. The van der Waals surface area contributed by atoms with Gasteiger partial charge >= 0.3 is 5.97 Å². The lowest BCUT2D eigenvalue weighted by atomic mass is 10.1. The van der Waals surface area contributed by atoms with Crippen LogP contribution in [-0.4, -0.2) is 28.5 Å².